The summed E-state index contributed by atoms with van der Waals surface area (Å²) in [6, 6.07) is 4.40. The van der Waals surface area contributed by atoms with E-state index in [1.165, 1.54) is 31.2 Å². The van der Waals surface area contributed by atoms with Crippen LogP contribution in [0.25, 0.3) is 6.08 Å². The van der Waals surface area contributed by atoms with E-state index in [1.807, 2.05) is 0 Å². The van der Waals surface area contributed by atoms with Crippen molar-refractivity contribution in [2.75, 3.05) is 5.32 Å². The number of phenols is 1. The number of benzene rings is 1. The van der Waals surface area contributed by atoms with Gasteiger partial charge in [-0.15, -0.1) is 0 Å². The molecular weight excluding hydrogens is 208 g/mol. The molecule has 1 aromatic carbocycles. The van der Waals surface area contributed by atoms with Crippen LogP contribution in [0.4, 0.5) is 5.69 Å². The molecule has 16 heavy (non-hydrogen) atoms. The predicted molar refractivity (Wildman–Crippen MR) is 60.6 cm³/mol. The van der Waals surface area contributed by atoms with Gasteiger partial charge in [0.1, 0.15) is 5.75 Å². The number of amides is 2. The van der Waals surface area contributed by atoms with Crippen LogP contribution in [-0.2, 0) is 9.59 Å². The lowest BCUT2D eigenvalue weighted by atomic mass is 10.1. The van der Waals surface area contributed by atoms with E-state index in [0.717, 1.165) is 6.08 Å². The number of primary amides is 1. The van der Waals surface area contributed by atoms with Crippen LogP contribution >= 0.6 is 0 Å². The molecule has 84 valence electrons. The molecule has 5 nitrogen and oxygen atoms in total. The monoisotopic (exact) mass is 220 g/mol. The maximum Gasteiger partial charge on any atom is 0.241 e. The molecule has 0 aliphatic rings. The molecule has 0 bridgehead atoms. The molecule has 0 radical (unpaired) electrons. The van der Waals surface area contributed by atoms with Crippen LogP contribution in [0.2, 0.25) is 0 Å². The highest BCUT2D eigenvalue weighted by Gasteiger charge is 2.02. The van der Waals surface area contributed by atoms with E-state index in [9.17, 15) is 14.7 Å². The van der Waals surface area contributed by atoms with E-state index in [4.69, 9.17) is 5.73 Å². The summed E-state index contributed by atoms with van der Waals surface area (Å²) in [5.41, 5.74) is 5.97. The van der Waals surface area contributed by atoms with Crippen LogP contribution in [0.15, 0.2) is 24.3 Å². The first-order valence-corrected chi connectivity index (χ1v) is 4.57. The van der Waals surface area contributed by atoms with Crippen LogP contribution < -0.4 is 11.1 Å². The van der Waals surface area contributed by atoms with Gasteiger partial charge in [0.05, 0.1) is 0 Å². The number of anilines is 1. The molecule has 2 amide bonds. The minimum Gasteiger partial charge on any atom is -0.508 e. The molecule has 0 fully saturated rings. The molecule has 0 aliphatic carbocycles. The summed E-state index contributed by atoms with van der Waals surface area (Å²) >= 11 is 0. The molecule has 0 aromatic heterocycles. The van der Waals surface area contributed by atoms with Crippen molar-refractivity contribution < 1.29 is 14.7 Å². The number of phenolic OH excluding ortho intramolecular Hbond substituents is 1. The Bertz CT molecular complexity index is 453. The Hall–Kier alpha value is -2.30. The fraction of sp³-hybridized carbons (Fsp3) is 0.0909. The number of nitrogens with one attached hydrogen (secondary N) is 1. The van der Waals surface area contributed by atoms with Crippen molar-refractivity contribution in [1.82, 2.24) is 0 Å². The molecular formula is C11H12N2O3. The number of carbonyl (C=O) groups is 2. The Balaban J connectivity index is 3.07. The zero-order chi connectivity index (χ0) is 12.1. The Morgan fingerprint density at radius 2 is 2.12 bits per heavy atom. The van der Waals surface area contributed by atoms with Gasteiger partial charge in [-0.1, -0.05) is 0 Å². The van der Waals surface area contributed by atoms with Crippen LogP contribution in [-0.4, -0.2) is 16.9 Å². The van der Waals surface area contributed by atoms with Crippen LogP contribution in [0.5, 0.6) is 5.75 Å². The van der Waals surface area contributed by atoms with Gasteiger partial charge in [-0.3, -0.25) is 9.59 Å². The third-order valence-corrected chi connectivity index (χ3v) is 1.77. The summed E-state index contributed by atoms with van der Waals surface area (Å²) in [4.78, 5) is 21.5. The fourth-order valence-corrected chi connectivity index (χ4v) is 1.16. The van der Waals surface area contributed by atoms with Gasteiger partial charge in [0.2, 0.25) is 11.8 Å². The van der Waals surface area contributed by atoms with Crippen molar-refractivity contribution in [3.05, 3.63) is 29.8 Å². The maximum absolute atomic E-state index is 10.9. The van der Waals surface area contributed by atoms with Gasteiger partial charge in [0.15, 0.2) is 0 Å². The second kappa shape index (κ2) is 4.97. The summed E-state index contributed by atoms with van der Waals surface area (Å²) in [5, 5.41) is 11.8. The topological polar surface area (TPSA) is 92.4 Å². The van der Waals surface area contributed by atoms with Gasteiger partial charge in [0, 0.05) is 24.3 Å². The molecule has 0 spiro atoms. The molecule has 0 saturated carbocycles. The quantitative estimate of drug-likeness (QED) is 0.520. The van der Waals surface area contributed by atoms with E-state index in [-0.39, 0.29) is 11.7 Å². The number of carbonyl (C=O) groups excluding carboxylic acids is 2. The molecule has 1 aromatic rings. The van der Waals surface area contributed by atoms with Crippen LogP contribution in [0.1, 0.15) is 12.5 Å². The first kappa shape index (κ1) is 11.8. The molecule has 0 unspecified atom stereocenters. The van der Waals surface area contributed by atoms with E-state index >= 15 is 0 Å². The summed E-state index contributed by atoms with van der Waals surface area (Å²) in [5.74, 6) is -0.797. The lowest BCUT2D eigenvalue weighted by Crippen LogP contribution is -2.08. The number of nitrogens with two attached hydrogens (primary N) is 1. The molecule has 0 heterocycles. The third-order valence-electron chi connectivity index (χ3n) is 1.77. The first-order chi connectivity index (χ1) is 7.49. The number of hydrogen-bond donors (Lipinski definition) is 3. The number of rotatable bonds is 3. The summed E-state index contributed by atoms with van der Waals surface area (Å²) in [6.45, 7) is 1.37. The minimum absolute atomic E-state index is 0.0400. The van der Waals surface area contributed by atoms with Gasteiger partial charge in [-0.25, -0.2) is 0 Å². The van der Waals surface area contributed by atoms with Crippen molar-refractivity contribution in [2.45, 2.75) is 6.92 Å². The fourth-order valence-electron chi connectivity index (χ4n) is 1.16. The van der Waals surface area contributed by atoms with Crippen molar-refractivity contribution in [1.29, 1.82) is 0 Å². The zero-order valence-corrected chi connectivity index (χ0v) is 8.73. The average Bonchev–Trinajstić information content (AvgIpc) is 2.17. The predicted octanol–water partition coefficient (Wildman–Crippen LogP) is 0.849. The van der Waals surface area contributed by atoms with E-state index in [2.05, 4.69) is 5.32 Å². The van der Waals surface area contributed by atoms with Crippen LogP contribution in [0, 0.1) is 0 Å². The zero-order valence-electron chi connectivity index (χ0n) is 8.73. The van der Waals surface area contributed by atoms with Gasteiger partial charge < -0.3 is 16.2 Å². The van der Waals surface area contributed by atoms with Crippen LogP contribution in [0.3, 0.4) is 0 Å². The highest BCUT2D eigenvalue weighted by Crippen LogP contribution is 2.22. The molecule has 5 heteroatoms. The molecule has 1 rings (SSSR count). The minimum atomic E-state index is -0.600. The Labute approximate surface area is 92.6 Å². The SMILES string of the molecule is CC(=O)Nc1ccc(O)cc1/C=C/C(N)=O. The van der Waals surface area contributed by atoms with Crippen molar-refractivity contribution in [3.8, 4) is 5.75 Å². The van der Waals surface area contributed by atoms with Gasteiger partial charge in [-0.05, 0) is 24.3 Å². The van der Waals surface area contributed by atoms with Gasteiger partial charge in [0.25, 0.3) is 0 Å². The summed E-state index contributed by atoms with van der Waals surface area (Å²) < 4.78 is 0. The highest BCUT2D eigenvalue weighted by molar-refractivity contribution is 5.94. The summed E-state index contributed by atoms with van der Waals surface area (Å²) in [7, 11) is 0. The maximum atomic E-state index is 10.9. The second-order valence-electron chi connectivity index (χ2n) is 3.19. The number of hydrogen-bond acceptors (Lipinski definition) is 3. The largest absolute Gasteiger partial charge is 0.508 e. The lowest BCUT2D eigenvalue weighted by Gasteiger charge is -2.06. The second-order valence-corrected chi connectivity index (χ2v) is 3.19. The Kier molecular flexibility index (Phi) is 3.66. The van der Waals surface area contributed by atoms with E-state index in [0.29, 0.717) is 11.3 Å². The molecule has 0 saturated heterocycles. The summed E-state index contributed by atoms with van der Waals surface area (Å²) in [6.07, 6.45) is 2.58. The first-order valence-electron chi connectivity index (χ1n) is 4.57. The molecule has 4 N–H and O–H groups in total. The Morgan fingerprint density at radius 3 is 2.69 bits per heavy atom. The smallest absolute Gasteiger partial charge is 0.241 e. The van der Waals surface area contributed by atoms with Crippen molar-refractivity contribution >= 4 is 23.6 Å². The molecule has 0 aliphatic heterocycles. The van der Waals surface area contributed by atoms with E-state index < -0.39 is 5.91 Å². The average molecular weight is 220 g/mol. The van der Waals surface area contributed by atoms with Crippen molar-refractivity contribution in [3.63, 3.8) is 0 Å². The van der Waals surface area contributed by atoms with Gasteiger partial charge >= 0.3 is 0 Å². The van der Waals surface area contributed by atoms with E-state index in [1.54, 1.807) is 0 Å². The number of aromatic hydroxyl groups is 1. The molecule has 0 atom stereocenters. The lowest BCUT2D eigenvalue weighted by molar-refractivity contribution is -0.114. The Morgan fingerprint density at radius 1 is 1.44 bits per heavy atom. The highest BCUT2D eigenvalue weighted by atomic mass is 16.3. The van der Waals surface area contributed by atoms with Crippen molar-refractivity contribution in [2.24, 2.45) is 5.73 Å². The third kappa shape index (κ3) is 3.45. The normalized spacial score (nSPS) is 10.3. The standard InChI is InChI=1S/C11H12N2O3/c1-7(14)13-10-4-3-9(15)6-8(10)2-5-11(12)16/h2-6,15H,1H3,(H2,12,16)(H,13,14)/b5-2+. The van der Waals surface area contributed by atoms with Gasteiger partial charge in [-0.2, -0.15) is 0 Å².